The first-order valence-electron chi connectivity index (χ1n) is 8.50. The Labute approximate surface area is 144 Å². The molecule has 1 fully saturated rings. The number of phenolic OH excluding ortho intramolecular Hbond substituents is 1. The van der Waals surface area contributed by atoms with Gasteiger partial charge in [0.2, 0.25) is 0 Å². The monoisotopic (exact) mass is 326 g/mol. The van der Waals surface area contributed by atoms with Crippen molar-refractivity contribution in [3.05, 3.63) is 42.5 Å². The van der Waals surface area contributed by atoms with Gasteiger partial charge in [0.05, 0.1) is 0 Å². The second-order valence-electron chi connectivity index (χ2n) is 7.18. The fraction of sp³-hybridized carbons (Fsp3) is 0.400. The summed E-state index contributed by atoms with van der Waals surface area (Å²) in [5, 5.41) is 13.2. The first kappa shape index (κ1) is 16.5. The van der Waals surface area contributed by atoms with Crippen molar-refractivity contribution in [2.24, 2.45) is 5.41 Å². The molecular formula is C20H26N2O2. The molecule has 0 aliphatic carbocycles. The topological polar surface area (TPSA) is 44.7 Å². The van der Waals surface area contributed by atoms with Crippen LogP contribution in [0, 0.1) is 5.41 Å². The van der Waals surface area contributed by atoms with E-state index < -0.39 is 0 Å². The molecule has 0 unspecified atom stereocenters. The Bertz CT molecular complexity index is 685. The molecule has 1 aliphatic heterocycles. The maximum Gasteiger partial charge on any atom is 0.171 e. The molecule has 0 bridgehead atoms. The van der Waals surface area contributed by atoms with Gasteiger partial charge in [-0.3, -0.25) is 0 Å². The summed E-state index contributed by atoms with van der Waals surface area (Å²) < 4.78 is 5.88. The summed E-state index contributed by atoms with van der Waals surface area (Å²) in [7, 11) is 1.88. The van der Waals surface area contributed by atoms with Gasteiger partial charge < -0.3 is 20.1 Å². The predicted molar refractivity (Wildman–Crippen MR) is 99.4 cm³/mol. The Morgan fingerprint density at radius 3 is 2.33 bits per heavy atom. The van der Waals surface area contributed by atoms with E-state index in [2.05, 4.69) is 24.1 Å². The Morgan fingerprint density at radius 1 is 1.04 bits per heavy atom. The van der Waals surface area contributed by atoms with E-state index >= 15 is 0 Å². The van der Waals surface area contributed by atoms with Gasteiger partial charge in [0, 0.05) is 37.6 Å². The lowest BCUT2D eigenvalue weighted by atomic mass is 9.82. The third-order valence-electron chi connectivity index (χ3n) is 4.80. The summed E-state index contributed by atoms with van der Waals surface area (Å²) in [4.78, 5) is 2.36. The van der Waals surface area contributed by atoms with E-state index in [0.717, 1.165) is 24.5 Å². The normalized spacial score (nSPS) is 16.7. The van der Waals surface area contributed by atoms with Crippen molar-refractivity contribution in [2.75, 3.05) is 30.4 Å². The number of rotatable bonds is 4. The highest BCUT2D eigenvalue weighted by atomic mass is 16.5. The summed E-state index contributed by atoms with van der Waals surface area (Å²) in [6.45, 7) is 6.72. The van der Waals surface area contributed by atoms with E-state index in [1.54, 1.807) is 6.07 Å². The van der Waals surface area contributed by atoms with E-state index in [9.17, 15) is 5.11 Å². The van der Waals surface area contributed by atoms with Crippen LogP contribution in [0.5, 0.6) is 17.2 Å². The zero-order chi connectivity index (χ0) is 17.2. The smallest absolute Gasteiger partial charge is 0.171 e. The van der Waals surface area contributed by atoms with Crippen LogP contribution < -0.4 is 15.0 Å². The number of nitrogens with zero attached hydrogens (tertiary/aromatic N) is 1. The predicted octanol–water partition coefficient (Wildman–Crippen LogP) is 4.85. The van der Waals surface area contributed by atoms with Crippen molar-refractivity contribution in [1.29, 1.82) is 0 Å². The lowest BCUT2D eigenvalue weighted by molar-refractivity contribution is 0.279. The zero-order valence-electron chi connectivity index (χ0n) is 14.7. The van der Waals surface area contributed by atoms with Crippen LogP contribution in [0.25, 0.3) is 0 Å². The summed E-state index contributed by atoms with van der Waals surface area (Å²) in [5.74, 6) is 1.37. The van der Waals surface area contributed by atoms with Crippen molar-refractivity contribution in [2.45, 2.75) is 26.7 Å². The number of nitrogens with one attached hydrogen (secondary N) is 1. The number of ether oxygens (including phenoxy) is 1. The van der Waals surface area contributed by atoms with Crippen molar-refractivity contribution in [3.8, 4) is 17.2 Å². The molecule has 1 saturated heterocycles. The van der Waals surface area contributed by atoms with Gasteiger partial charge in [-0.1, -0.05) is 13.8 Å². The molecule has 0 spiro atoms. The highest BCUT2D eigenvalue weighted by Crippen LogP contribution is 2.37. The van der Waals surface area contributed by atoms with Gasteiger partial charge in [-0.2, -0.15) is 0 Å². The van der Waals surface area contributed by atoms with E-state index in [1.807, 2.05) is 43.4 Å². The van der Waals surface area contributed by atoms with Crippen LogP contribution >= 0.6 is 0 Å². The average molecular weight is 326 g/mol. The van der Waals surface area contributed by atoms with Crippen molar-refractivity contribution in [3.63, 3.8) is 0 Å². The number of anilines is 2. The van der Waals surface area contributed by atoms with Gasteiger partial charge in [-0.15, -0.1) is 0 Å². The SMILES string of the molecule is CNc1ccc(Oc2cc(N3CCC(C)(C)CC3)ccc2O)cc1. The summed E-state index contributed by atoms with van der Waals surface area (Å²) in [6.07, 6.45) is 2.35. The van der Waals surface area contributed by atoms with Crippen LogP contribution in [-0.4, -0.2) is 25.2 Å². The maximum atomic E-state index is 10.1. The lowest BCUT2D eigenvalue weighted by Gasteiger charge is -2.38. The maximum absolute atomic E-state index is 10.1. The van der Waals surface area contributed by atoms with Crippen LogP contribution in [0.15, 0.2) is 42.5 Å². The molecule has 0 aromatic heterocycles. The highest BCUT2D eigenvalue weighted by Gasteiger charge is 2.25. The molecular weight excluding hydrogens is 300 g/mol. The standard InChI is InChI=1S/C20H26N2O2/c1-20(2)10-12-22(13-11-20)16-6-9-18(23)19(14-16)24-17-7-4-15(21-3)5-8-17/h4-9,14,21,23H,10-13H2,1-3H3. The Balaban J connectivity index is 1.76. The molecule has 128 valence electrons. The molecule has 1 heterocycles. The van der Waals surface area contributed by atoms with Gasteiger partial charge in [-0.05, 0) is 54.7 Å². The number of hydrogen-bond donors (Lipinski definition) is 2. The molecule has 2 aromatic rings. The number of piperidine rings is 1. The second kappa shape index (κ2) is 6.63. The fourth-order valence-corrected chi connectivity index (χ4v) is 2.97. The minimum atomic E-state index is 0.161. The molecule has 4 nitrogen and oxygen atoms in total. The number of hydrogen-bond acceptors (Lipinski definition) is 4. The third-order valence-corrected chi connectivity index (χ3v) is 4.80. The molecule has 4 heteroatoms. The van der Waals surface area contributed by atoms with Crippen LogP contribution in [0.4, 0.5) is 11.4 Å². The van der Waals surface area contributed by atoms with Crippen LogP contribution in [0.3, 0.4) is 0 Å². The molecule has 0 saturated carbocycles. The minimum Gasteiger partial charge on any atom is -0.504 e. The number of benzene rings is 2. The lowest BCUT2D eigenvalue weighted by Crippen LogP contribution is -2.37. The van der Waals surface area contributed by atoms with E-state index in [4.69, 9.17) is 4.74 Å². The molecule has 24 heavy (non-hydrogen) atoms. The number of aromatic hydroxyl groups is 1. The second-order valence-corrected chi connectivity index (χ2v) is 7.18. The Morgan fingerprint density at radius 2 is 1.71 bits per heavy atom. The molecule has 1 aliphatic rings. The fourth-order valence-electron chi connectivity index (χ4n) is 2.97. The van der Waals surface area contributed by atoms with Crippen LogP contribution in [-0.2, 0) is 0 Å². The number of phenols is 1. The van der Waals surface area contributed by atoms with E-state index in [-0.39, 0.29) is 5.75 Å². The van der Waals surface area contributed by atoms with Crippen molar-refractivity contribution < 1.29 is 9.84 Å². The first-order valence-corrected chi connectivity index (χ1v) is 8.50. The molecule has 0 amide bonds. The zero-order valence-corrected chi connectivity index (χ0v) is 14.7. The van der Waals surface area contributed by atoms with Gasteiger partial charge in [0.15, 0.2) is 11.5 Å². The first-order chi connectivity index (χ1) is 11.5. The Hall–Kier alpha value is -2.36. The van der Waals surface area contributed by atoms with Gasteiger partial charge in [0.1, 0.15) is 5.75 Å². The molecule has 3 rings (SSSR count). The van der Waals surface area contributed by atoms with Crippen molar-refractivity contribution >= 4 is 11.4 Å². The highest BCUT2D eigenvalue weighted by molar-refractivity contribution is 5.57. The molecule has 0 radical (unpaired) electrons. The summed E-state index contributed by atoms with van der Waals surface area (Å²) in [6, 6.07) is 13.3. The Kier molecular flexibility index (Phi) is 4.56. The summed E-state index contributed by atoms with van der Waals surface area (Å²) >= 11 is 0. The van der Waals surface area contributed by atoms with Crippen molar-refractivity contribution in [1.82, 2.24) is 0 Å². The van der Waals surface area contributed by atoms with Gasteiger partial charge in [0.25, 0.3) is 0 Å². The van der Waals surface area contributed by atoms with Gasteiger partial charge >= 0.3 is 0 Å². The van der Waals surface area contributed by atoms with Gasteiger partial charge in [-0.25, -0.2) is 0 Å². The van der Waals surface area contributed by atoms with Crippen LogP contribution in [0.1, 0.15) is 26.7 Å². The third kappa shape index (κ3) is 3.75. The summed E-state index contributed by atoms with van der Waals surface area (Å²) in [5.41, 5.74) is 2.54. The molecule has 0 atom stereocenters. The van der Waals surface area contributed by atoms with E-state index in [0.29, 0.717) is 16.9 Å². The minimum absolute atomic E-state index is 0.161. The largest absolute Gasteiger partial charge is 0.504 e. The van der Waals surface area contributed by atoms with E-state index in [1.165, 1.54) is 12.8 Å². The molecule has 2 aromatic carbocycles. The average Bonchev–Trinajstić information content (AvgIpc) is 2.58. The quantitative estimate of drug-likeness (QED) is 0.843. The van der Waals surface area contributed by atoms with Crippen LogP contribution in [0.2, 0.25) is 0 Å². The molecule has 2 N–H and O–H groups in total.